The highest BCUT2D eigenvalue weighted by molar-refractivity contribution is 7.98. The SMILES string of the molecule is C=CCn1c(SCc2ccccc2C)nnc1-c1ccc(C(C)C)cc1. The van der Waals surface area contributed by atoms with Gasteiger partial charge in [0.25, 0.3) is 0 Å². The number of thioether (sulfide) groups is 1. The second-order valence-corrected chi connectivity index (χ2v) is 7.64. The molecule has 3 aromatic rings. The van der Waals surface area contributed by atoms with Crippen molar-refractivity contribution in [3.8, 4) is 11.4 Å². The first-order valence-electron chi connectivity index (χ1n) is 8.92. The Bertz CT molecular complexity index is 879. The molecule has 0 radical (unpaired) electrons. The Morgan fingerprint density at radius 1 is 1.08 bits per heavy atom. The van der Waals surface area contributed by atoms with Gasteiger partial charge in [-0.25, -0.2) is 0 Å². The Morgan fingerprint density at radius 2 is 1.81 bits per heavy atom. The van der Waals surface area contributed by atoms with Gasteiger partial charge in [-0.05, 0) is 29.5 Å². The molecule has 0 aliphatic heterocycles. The second-order valence-electron chi connectivity index (χ2n) is 6.70. The van der Waals surface area contributed by atoms with Gasteiger partial charge >= 0.3 is 0 Å². The van der Waals surface area contributed by atoms with Crippen LogP contribution in [0.2, 0.25) is 0 Å². The van der Waals surface area contributed by atoms with Crippen molar-refractivity contribution in [2.75, 3.05) is 0 Å². The minimum absolute atomic E-state index is 0.523. The van der Waals surface area contributed by atoms with Crippen molar-refractivity contribution < 1.29 is 0 Å². The van der Waals surface area contributed by atoms with E-state index in [1.54, 1.807) is 11.8 Å². The van der Waals surface area contributed by atoms with Crippen LogP contribution < -0.4 is 0 Å². The molecule has 1 heterocycles. The lowest BCUT2D eigenvalue weighted by atomic mass is 10.0. The van der Waals surface area contributed by atoms with Crippen molar-refractivity contribution in [3.63, 3.8) is 0 Å². The summed E-state index contributed by atoms with van der Waals surface area (Å²) in [6.45, 7) is 11.1. The molecule has 1 aromatic heterocycles. The number of hydrogen-bond donors (Lipinski definition) is 0. The van der Waals surface area contributed by atoms with Gasteiger partial charge in [0.2, 0.25) is 0 Å². The van der Waals surface area contributed by atoms with Crippen LogP contribution in [0.15, 0.2) is 66.3 Å². The predicted molar refractivity (Wildman–Crippen MR) is 110 cm³/mol. The maximum absolute atomic E-state index is 4.46. The van der Waals surface area contributed by atoms with Crippen LogP contribution in [0.25, 0.3) is 11.4 Å². The minimum atomic E-state index is 0.523. The molecule has 0 fully saturated rings. The molecule has 134 valence electrons. The van der Waals surface area contributed by atoms with Crippen LogP contribution in [0.4, 0.5) is 0 Å². The fourth-order valence-corrected chi connectivity index (χ4v) is 3.86. The standard InChI is InChI=1S/C22H25N3S/c1-5-14-25-21(19-12-10-18(11-13-19)16(2)3)23-24-22(25)26-15-20-9-7-6-8-17(20)4/h5-13,16H,1,14-15H2,2-4H3. The van der Waals surface area contributed by atoms with E-state index in [-0.39, 0.29) is 0 Å². The largest absolute Gasteiger partial charge is 0.298 e. The Labute approximate surface area is 160 Å². The molecule has 26 heavy (non-hydrogen) atoms. The van der Waals surface area contributed by atoms with Crippen molar-refractivity contribution >= 4 is 11.8 Å². The van der Waals surface area contributed by atoms with Crippen LogP contribution in [-0.4, -0.2) is 14.8 Å². The molecule has 0 bridgehead atoms. The van der Waals surface area contributed by atoms with E-state index >= 15 is 0 Å². The summed E-state index contributed by atoms with van der Waals surface area (Å²) in [5, 5.41) is 9.83. The highest BCUT2D eigenvalue weighted by atomic mass is 32.2. The monoisotopic (exact) mass is 363 g/mol. The van der Waals surface area contributed by atoms with Crippen LogP contribution in [0.5, 0.6) is 0 Å². The fourth-order valence-electron chi connectivity index (χ4n) is 2.83. The zero-order valence-electron chi connectivity index (χ0n) is 15.6. The Morgan fingerprint density at radius 3 is 2.46 bits per heavy atom. The molecule has 0 N–H and O–H groups in total. The first-order chi connectivity index (χ1) is 12.6. The molecule has 0 aliphatic rings. The first-order valence-corrected chi connectivity index (χ1v) is 9.90. The molecular formula is C22H25N3S. The quantitative estimate of drug-likeness (QED) is 0.389. The van der Waals surface area contributed by atoms with Crippen molar-refractivity contribution in [3.05, 3.63) is 77.9 Å². The summed E-state index contributed by atoms with van der Waals surface area (Å²) in [6, 6.07) is 17.1. The molecule has 4 heteroatoms. The average molecular weight is 364 g/mol. The van der Waals surface area contributed by atoms with E-state index in [0.29, 0.717) is 12.5 Å². The Kier molecular flexibility index (Phi) is 5.94. The van der Waals surface area contributed by atoms with Crippen LogP contribution in [0.1, 0.15) is 36.5 Å². The number of allylic oxidation sites excluding steroid dienone is 1. The van der Waals surface area contributed by atoms with Gasteiger partial charge in [-0.15, -0.1) is 16.8 Å². The van der Waals surface area contributed by atoms with E-state index < -0.39 is 0 Å². The lowest BCUT2D eigenvalue weighted by Gasteiger charge is -2.10. The average Bonchev–Trinajstić information content (AvgIpc) is 3.04. The van der Waals surface area contributed by atoms with Gasteiger partial charge in [-0.2, -0.15) is 0 Å². The minimum Gasteiger partial charge on any atom is -0.298 e. The highest BCUT2D eigenvalue weighted by Gasteiger charge is 2.14. The maximum Gasteiger partial charge on any atom is 0.192 e. The fraction of sp³-hybridized carbons (Fsp3) is 0.273. The molecule has 0 amide bonds. The molecule has 0 aliphatic carbocycles. The third-order valence-corrected chi connectivity index (χ3v) is 5.50. The van der Waals surface area contributed by atoms with Gasteiger partial charge < -0.3 is 0 Å². The molecule has 0 saturated heterocycles. The zero-order chi connectivity index (χ0) is 18.5. The first kappa shape index (κ1) is 18.5. The summed E-state index contributed by atoms with van der Waals surface area (Å²) in [4.78, 5) is 0. The second kappa shape index (κ2) is 8.37. The summed E-state index contributed by atoms with van der Waals surface area (Å²) in [7, 11) is 0. The van der Waals surface area contributed by atoms with Crippen LogP contribution in [0, 0.1) is 6.92 Å². The number of nitrogens with zero attached hydrogens (tertiary/aromatic N) is 3. The number of benzene rings is 2. The smallest absolute Gasteiger partial charge is 0.192 e. The van der Waals surface area contributed by atoms with E-state index in [1.807, 2.05) is 6.08 Å². The summed E-state index contributed by atoms with van der Waals surface area (Å²) in [6.07, 6.45) is 1.90. The molecule has 0 atom stereocenters. The number of aromatic nitrogens is 3. The molecular weight excluding hydrogens is 338 g/mol. The molecule has 3 rings (SSSR count). The summed E-state index contributed by atoms with van der Waals surface area (Å²) in [5.74, 6) is 2.30. The third kappa shape index (κ3) is 4.07. The van der Waals surface area contributed by atoms with Crippen molar-refractivity contribution in [1.82, 2.24) is 14.8 Å². The van der Waals surface area contributed by atoms with Gasteiger partial charge in [0, 0.05) is 17.9 Å². The van der Waals surface area contributed by atoms with Crippen molar-refractivity contribution in [1.29, 1.82) is 0 Å². The molecule has 3 nitrogen and oxygen atoms in total. The van der Waals surface area contributed by atoms with Gasteiger partial charge in [-0.1, -0.05) is 80.2 Å². The summed E-state index contributed by atoms with van der Waals surface area (Å²) < 4.78 is 2.14. The molecule has 0 unspecified atom stereocenters. The number of rotatable bonds is 7. The molecule has 2 aromatic carbocycles. The van der Waals surface area contributed by atoms with Crippen molar-refractivity contribution in [2.45, 2.75) is 44.1 Å². The van der Waals surface area contributed by atoms with E-state index in [0.717, 1.165) is 22.3 Å². The van der Waals surface area contributed by atoms with E-state index in [9.17, 15) is 0 Å². The van der Waals surface area contributed by atoms with Crippen molar-refractivity contribution in [2.24, 2.45) is 0 Å². The Balaban J connectivity index is 1.86. The van der Waals surface area contributed by atoms with E-state index in [4.69, 9.17) is 0 Å². The zero-order valence-corrected chi connectivity index (χ0v) is 16.5. The van der Waals surface area contributed by atoms with E-state index in [1.165, 1.54) is 16.7 Å². The van der Waals surface area contributed by atoms with Crippen LogP contribution in [-0.2, 0) is 12.3 Å². The number of hydrogen-bond acceptors (Lipinski definition) is 3. The van der Waals surface area contributed by atoms with Crippen LogP contribution >= 0.6 is 11.8 Å². The molecule has 0 saturated carbocycles. The topological polar surface area (TPSA) is 30.7 Å². The van der Waals surface area contributed by atoms with Crippen LogP contribution in [0.3, 0.4) is 0 Å². The Hall–Kier alpha value is -2.33. The van der Waals surface area contributed by atoms with E-state index in [2.05, 4.69) is 90.6 Å². The van der Waals surface area contributed by atoms with Gasteiger partial charge in [0.1, 0.15) is 0 Å². The normalized spacial score (nSPS) is 11.1. The summed E-state index contributed by atoms with van der Waals surface area (Å²) in [5.41, 5.74) is 5.05. The molecule has 0 spiro atoms. The van der Waals surface area contributed by atoms with Gasteiger partial charge in [0.05, 0.1) is 0 Å². The lowest BCUT2D eigenvalue weighted by Crippen LogP contribution is -2.01. The third-order valence-electron chi connectivity index (χ3n) is 4.48. The lowest BCUT2D eigenvalue weighted by molar-refractivity contribution is 0.731. The highest BCUT2D eigenvalue weighted by Crippen LogP contribution is 2.28. The van der Waals surface area contributed by atoms with Gasteiger partial charge in [0.15, 0.2) is 11.0 Å². The summed E-state index contributed by atoms with van der Waals surface area (Å²) >= 11 is 1.72. The number of aryl methyl sites for hydroxylation is 1. The van der Waals surface area contributed by atoms with Gasteiger partial charge in [-0.3, -0.25) is 4.57 Å². The maximum atomic E-state index is 4.46. The predicted octanol–water partition coefficient (Wildman–Crippen LogP) is 5.86.